The molecule has 0 heterocycles. The van der Waals surface area contributed by atoms with E-state index in [9.17, 15) is 31.5 Å². The molecule has 0 rings (SSSR count). The summed E-state index contributed by atoms with van der Waals surface area (Å²) in [5.41, 5.74) is -3.25. The number of carboxylic acid groups (broad SMARTS) is 2. The van der Waals surface area contributed by atoms with Gasteiger partial charge >= 0.3 is 23.8 Å². The average molecular weight is 278 g/mol. The van der Waals surface area contributed by atoms with Gasteiger partial charge in [0.25, 0.3) is 0 Å². The first-order valence-electron chi connectivity index (χ1n) is 4.63. The molecule has 0 amide bonds. The quantitative estimate of drug-likeness (QED) is 0.730. The fourth-order valence-electron chi connectivity index (χ4n) is 1.03. The van der Waals surface area contributed by atoms with Crippen LogP contribution in [0.1, 0.15) is 20.3 Å². The maximum atomic E-state index is 13.4. The molecule has 0 aromatic carbocycles. The second-order valence-corrected chi connectivity index (χ2v) is 4.19. The molecule has 0 radical (unpaired) electrons. The van der Waals surface area contributed by atoms with Crippen molar-refractivity contribution >= 4 is 11.9 Å². The van der Waals surface area contributed by atoms with Gasteiger partial charge < -0.3 is 10.2 Å². The van der Waals surface area contributed by atoms with Crippen LogP contribution in [0.15, 0.2) is 0 Å². The molecule has 106 valence electrons. The topological polar surface area (TPSA) is 74.6 Å². The summed E-state index contributed by atoms with van der Waals surface area (Å²) in [6.07, 6.45) is -5.54. The molecule has 0 aliphatic rings. The van der Waals surface area contributed by atoms with Gasteiger partial charge in [0.05, 0.1) is 6.42 Å². The van der Waals surface area contributed by atoms with E-state index in [0.29, 0.717) is 13.8 Å². The summed E-state index contributed by atoms with van der Waals surface area (Å²) in [4.78, 5) is 20.5. The van der Waals surface area contributed by atoms with Gasteiger partial charge in [-0.15, -0.1) is 0 Å². The van der Waals surface area contributed by atoms with Crippen LogP contribution in [-0.2, 0) is 9.59 Å². The van der Waals surface area contributed by atoms with Crippen molar-refractivity contribution in [2.45, 2.75) is 38.3 Å². The van der Waals surface area contributed by atoms with Crippen LogP contribution < -0.4 is 0 Å². The van der Waals surface area contributed by atoms with Crippen LogP contribution in [0.2, 0.25) is 0 Å². The van der Waals surface area contributed by atoms with Crippen LogP contribution in [0.4, 0.5) is 22.0 Å². The highest BCUT2D eigenvalue weighted by Crippen LogP contribution is 2.50. The highest BCUT2D eigenvalue weighted by Gasteiger charge is 2.71. The molecule has 0 fully saturated rings. The van der Waals surface area contributed by atoms with Gasteiger partial charge in [0.15, 0.2) is 6.17 Å². The predicted octanol–water partition coefficient (Wildman–Crippen LogP) is 2.18. The van der Waals surface area contributed by atoms with Crippen LogP contribution in [0, 0.1) is 5.41 Å². The van der Waals surface area contributed by atoms with Crippen molar-refractivity contribution in [3.8, 4) is 0 Å². The maximum Gasteiger partial charge on any atom is 0.342 e. The van der Waals surface area contributed by atoms with Crippen molar-refractivity contribution in [1.29, 1.82) is 0 Å². The van der Waals surface area contributed by atoms with Crippen molar-refractivity contribution in [3.05, 3.63) is 0 Å². The standard InChI is InChI=1S/C9H11F5O4/c1-7(2,6(17)18)9(13,14)8(11,12)4(10)3-5(15)16/h4H,3H2,1-2H3,(H,15,16)(H,17,18). The maximum absolute atomic E-state index is 13.4. The Hall–Kier alpha value is -1.41. The largest absolute Gasteiger partial charge is 0.481 e. The average Bonchev–Trinajstić information content (AvgIpc) is 2.15. The van der Waals surface area contributed by atoms with Crippen molar-refractivity contribution in [2.24, 2.45) is 5.41 Å². The SMILES string of the molecule is CC(C)(C(=O)O)C(F)(F)C(F)(F)C(F)CC(=O)O. The van der Waals surface area contributed by atoms with E-state index in [1.807, 2.05) is 0 Å². The molecule has 0 bridgehead atoms. The van der Waals surface area contributed by atoms with Gasteiger partial charge in [-0.3, -0.25) is 9.59 Å². The number of alkyl halides is 5. The Bertz CT molecular complexity index is 353. The molecule has 0 saturated heterocycles. The molecule has 0 spiro atoms. The minimum Gasteiger partial charge on any atom is -0.481 e. The molecule has 0 aromatic heterocycles. The molecule has 2 N–H and O–H groups in total. The molecule has 1 atom stereocenters. The Labute approximate surface area is 98.4 Å². The summed E-state index contributed by atoms with van der Waals surface area (Å²) in [6, 6.07) is 0. The fourth-order valence-corrected chi connectivity index (χ4v) is 1.03. The normalized spacial score (nSPS) is 15.3. The van der Waals surface area contributed by atoms with E-state index in [-0.39, 0.29) is 0 Å². The number of rotatable bonds is 6. The molecule has 0 aromatic rings. The molecular formula is C9H11F5O4. The Morgan fingerprint density at radius 3 is 1.78 bits per heavy atom. The molecule has 4 nitrogen and oxygen atoms in total. The number of aliphatic carboxylic acids is 2. The molecule has 0 aliphatic heterocycles. The molecule has 0 saturated carbocycles. The summed E-state index contributed by atoms with van der Waals surface area (Å²) in [6.45, 7) is 0.605. The van der Waals surface area contributed by atoms with E-state index >= 15 is 0 Å². The first kappa shape index (κ1) is 16.6. The Kier molecular flexibility index (Phi) is 4.33. The summed E-state index contributed by atoms with van der Waals surface area (Å²) in [5, 5.41) is 16.5. The summed E-state index contributed by atoms with van der Waals surface area (Å²) >= 11 is 0. The molecule has 18 heavy (non-hydrogen) atoms. The molecule has 9 heteroatoms. The van der Waals surface area contributed by atoms with Crippen LogP contribution >= 0.6 is 0 Å². The number of hydrogen-bond donors (Lipinski definition) is 2. The summed E-state index contributed by atoms with van der Waals surface area (Å²) < 4.78 is 66.0. The lowest BCUT2D eigenvalue weighted by Gasteiger charge is -2.36. The van der Waals surface area contributed by atoms with E-state index in [1.165, 1.54) is 0 Å². The Morgan fingerprint density at radius 1 is 1.11 bits per heavy atom. The minimum absolute atomic E-state index is 0.302. The third-order valence-electron chi connectivity index (χ3n) is 2.49. The first-order valence-corrected chi connectivity index (χ1v) is 4.63. The lowest BCUT2D eigenvalue weighted by atomic mass is 9.80. The zero-order valence-electron chi connectivity index (χ0n) is 9.39. The van der Waals surface area contributed by atoms with E-state index in [0.717, 1.165) is 0 Å². The van der Waals surface area contributed by atoms with Crippen molar-refractivity contribution < 1.29 is 41.8 Å². The van der Waals surface area contributed by atoms with Gasteiger partial charge in [0, 0.05) is 0 Å². The van der Waals surface area contributed by atoms with Gasteiger partial charge in [0.1, 0.15) is 5.41 Å². The van der Waals surface area contributed by atoms with Crippen molar-refractivity contribution in [1.82, 2.24) is 0 Å². The third kappa shape index (κ3) is 2.54. The molecule has 1 unspecified atom stereocenters. The second kappa shape index (κ2) is 4.69. The minimum atomic E-state index is -5.41. The zero-order valence-corrected chi connectivity index (χ0v) is 9.39. The fraction of sp³-hybridized carbons (Fsp3) is 0.778. The summed E-state index contributed by atoms with van der Waals surface area (Å²) in [7, 11) is 0. The van der Waals surface area contributed by atoms with Gasteiger partial charge in [0.2, 0.25) is 0 Å². The Balaban J connectivity index is 5.44. The lowest BCUT2D eigenvalue weighted by molar-refractivity contribution is -0.282. The highest BCUT2D eigenvalue weighted by molar-refractivity contribution is 5.75. The zero-order chi connectivity index (χ0) is 14.9. The van der Waals surface area contributed by atoms with E-state index in [2.05, 4.69) is 0 Å². The van der Waals surface area contributed by atoms with E-state index in [4.69, 9.17) is 10.2 Å². The van der Waals surface area contributed by atoms with Crippen molar-refractivity contribution in [3.63, 3.8) is 0 Å². The molecule has 0 aliphatic carbocycles. The number of hydrogen-bond acceptors (Lipinski definition) is 2. The smallest absolute Gasteiger partial charge is 0.342 e. The van der Waals surface area contributed by atoms with Gasteiger partial charge in [-0.1, -0.05) is 0 Å². The van der Waals surface area contributed by atoms with Crippen LogP contribution in [0.5, 0.6) is 0 Å². The van der Waals surface area contributed by atoms with Crippen LogP contribution in [0.3, 0.4) is 0 Å². The monoisotopic (exact) mass is 278 g/mol. The number of carbonyl (C=O) groups is 2. The highest BCUT2D eigenvalue weighted by atomic mass is 19.3. The number of carboxylic acids is 2. The molecular weight excluding hydrogens is 267 g/mol. The van der Waals surface area contributed by atoms with Crippen LogP contribution in [0.25, 0.3) is 0 Å². The summed E-state index contributed by atoms with van der Waals surface area (Å²) in [5.74, 6) is -14.9. The first-order chi connectivity index (χ1) is 7.78. The lowest BCUT2D eigenvalue weighted by Crippen LogP contribution is -2.59. The van der Waals surface area contributed by atoms with Gasteiger partial charge in [-0.2, -0.15) is 17.6 Å². The van der Waals surface area contributed by atoms with Gasteiger partial charge in [-0.05, 0) is 13.8 Å². The Morgan fingerprint density at radius 2 is 1.50 bits per heavy atom. The van der Waals surface area contributed by atoms with E-state index < -0.39 is 41.8 Å². The van der Waals surface area contributed by atoms with E-state index in [1.54, 1.807) is 0 Å². The third-order valence-corrected chi connectivity index (χ3v) is 2.49. The predicted molar refractivity (Wildman–Crippen MR) is 48.5 cm³/mol. The van der Waals surface area contributed by atoms with Gasteiger partial charge in [-0.25, -0.2) is 4.39 Å². The van der Waals surface area contributed by atoms with Crippen LogP contribution in [-0.4, -0.2) is 40.2 Å². The second-order valence-electron chi connectivity index (χ2n) is 4.19. The number of halogens is 5. The van der Waals surface area contributed by atoms with Crippen molar-refractivity contribution in [2.75, 3.05) is 0 Å².